The highest BCUT2D eigenvalue weighted by molar-refractivity contribution is 9.10. The summed E-state index contributed by atoms with van der Waals surface area (Å²) in [5.74, 6) is 0.708. The van der Waals surface area contributed by atoms with Crippen molar-refractivity contribution in [3.05, 3.63) is 28.2 Å². The number of hydrogen-bond donors (Lipinski definition) is 2. The molecular weight excluding hydrogens is 298 g/mol. The summed E-state index contributed by atoms with van der Waals surface area (Å²) >= 11 is 3.39. The summed E-state index contributed by atoms with van der Waals surface area (Å²) in [5, 5.41) is 11.6. The molecule has 0 saturated heterocycles. The molecule has 0 saturated carbocycles. The van der Waals surface area contributed by atoms with Gasteiger partial charge in [0.1, 0.15) is 5.75 Å². The minimum absolute atomic E-state index is 0.0497. The lowest BCUT2D eigenvalue weighted by Crippen LogP contribution is -2.35. The summed E-state index contributed by atoms with van der Waals surface area (Å²) < 4.78 is 6.20. The van der Waals surface area contributed by atoms with E-state index in [1.165, 1.54) is 0 Å². The Morgan fingerprint density at radius 3 is 2.89 bits per heavy atom. The van der Waals surface area contributed by atoms with E-state index in [2.05, 4.69) is 21.2 Å². The number of carbonyl (C=O) groups is 1. The Morgan fingerprint density at radius 1 is 1.56 bits per heavy atom. The van der Waals surface area contributed by atoms with Crippen molar-refractivity contribution in [2.45, 2.75) is 25.8 Å². The molecule has 0 radical (unpaired) electrons. The number of hydrogen-bond acceptors (Lipinski definition) is 3. The first-order valence-corrected chi connectivity index (χ1v) is 6.58. The maximum Gasteiger partial charge on any atom is 0.220 e. The molecule has 1 atom stereocenters. The summed E-state index contributed by atoms with van der Waals surface area (Å²) in [6.07, 6.45) is 0.976. The fraction of sp³-hybridized carbons (Fsp3) is 0.462. The largest absolute Gasteiger partial charge is 0.496 e. The average Bonchev–Trinajstić information content (AvgIpc) is 2.36. The molecule has 100 valence electrons. The molecule has 0 aliphatic rings. The number of rotatable bonds is 6. The summed E-state index contributed by atoms with van der Waals surface area (Å²) in [6.45, 7) is 1.71. The monoisotopic (exact) mass is 315 g/mol. The lowest BCUT2D eigenvalue weighted by molar-refractivity contribution is -0.121. The molecule has 5 heteroatoms. The number of benzene rings is 1. The van der Waals surface area contributed by atoms with Crippen molar-refractivity contribution in [2.24, 2.45) is 0 Å². The van der Waals surface area contributed by atoms with E-state index < -0.39 is 0 Å². The molecule has 0 aliphatic heterocycles. The second-order valence-electron chi connectivity index (χ2n) is 4.11. The third kappa shape index (κ3) is 4.66. The van der Waals surface area contributed by atoms with Gasteiger partial charge >= 0.3 is 0 Å². The Labute approximate surface area is 115 Å². The third-order valence-corrected chi connectivity index (χ3v) is 3.04. The van der Waals surface area contributed by atoms with Crippen LogP contribution in [0.2, 0.25) is 0 Å². The van der Waals surface area contributed by atoms with Gasteiger partial charge in [-0.15, -0.1) is 0 Å². The van der Waals surface area contributed by atoms with Crippen molar-refractivity contribution in [3.63, 3.8) is 0 Å². The summed E-state index contributed by atoms with van der Waals surface area (Å²) in [6, 6.07) is 5.51. The van der Waals surface area contributed by atoms with Gasteiger partial charge in [-0.2, -0.15) is 0 Å². The minimum Gasteiger partial charge on any atom is -0.496 e. The maximum atomic E-state index is 11.6. The first-order chi connectivity index (χ1) is 8.56. The maximum absolute atomic E-state index is 11.6. The zero-order chi connectivity index (χ0) is 13.5. The van der Waals surface area contributed by atoms with Gasteiger partial charge in [0.2, 0.25) is 5.91 Å². The minimum atomic E-state index is -0.207. The molecule has 1 aromatic carbocycles. The standard InChI is InChI=1S/C13H18BrNO3/c1-9(8-16)15-13(17)6-3-10-7-11(14)4-5-12(10)18-2/h4-5,7,9,16H,3,6,8H2,1-2H3,(H,15,17). The van der Waals surface area contributed by atoms with Crippen molar-refractivity contribution in [1.82, 2.24) is 5.32 Å². The lowest BCUT2D eigenvalue weighted by atomic mass is 10.1. The molecular formula is C13H18BrNO3. The molecule has 0 aliphatic carbocycles. The first kappa shape index (κ1) is 15.0. The van der Waals surface area contributed by atoms with Crippen LogP contribution < -0.4 is 10.1 Å². The molecule has 0 bridgehead atoms. The third-order valence-electron chi connectivity index (χ3n) is 2.55. The smallest absolute Gasteiger partial charge is 0.220 e. The van der Waals surface area contributed by atoms with Gasteiger partial charge in [0.25, 0.3) is 0 Å². The Kier molecular flexibility index (Phi) is 6.15. The summed E-state index contributed by atoms with van der Waals surface area (Å²) in [5.41, 5.74) is 0.985. The van der Waals surface area contributed by atoms with Gasteiger partial charge in [-0.05, 0) is 37.1 Å². The number of amides is 1. The highest BCUT2D eigenvalue weighted by Crippen LogP contribution is 2.24. The number of nitrogens with one attached hydrogen (secondary N) is 1. The Balaban J connectivity index is 2.57. The summed E-state index contributed by atoms with van der Waals surface area (Å²) in [7, 11) is 1.61. The van der Waals surface area contributed by atoms with Crippen LogP contribution in [0, 0.1) is 0 Å². The van der Waals surface area contributed by atoms with Gasteiger partial charge in [-0.25, -0.2) is 0 Å². The van der Waals surface area contributed by atoms with E-state index >= 15 is 0 Å². The van der Waals surface area contributed by atoms with E-state index in [4.69, 9.17) is 9.84 Å². The molecule has 18 heavy (non-hydrogen) atoms. The number of aryl methyl sites for hydroxylation is 1. The van der Waals surface area contributed by atoms with Crippen LogP contribution in [-0.4, -0.2) is 30.8 Å². The van der Waals surface area contributed by atoms with Crippen LogP contribution in [0.5, 0.6) is 5.75 Å². The van der Waals surface area contributed by atoms with Crippen molar-refractivity contribution in [2.75, 3.05) is 13.7 Å². The number of methoxy groups -OCH3 is 1. The van der Waals surface area contributed by atoms with Crippen LogP contribution in [0.15, 0.2) is 22.7 Å². The molecule has 4 nitrogen and oxygen atoms in total. The van der Waals surface area contributed by atoms with Gasteiger partial charge in [-0.1, -0.05) is 15.9 Å². The molecule has 0 spiro atoms. The first-order valence-electron chi connectivity index (χ1n) is 5.79. The average molecular weight is 316 g/mol. The second-order valence-corrected chi connectivity index (χ2v) is 5.02. The van der Waals surface area contributed by atoms with E-state index in [0.29, 0.717) is 12.8 Å². The van der Waals surface area contributed by atoms with Gasteiger partial charge in [0.05, 0.1) is 13.7 Å². The second kappa shape index (κ2) is 7.38. The van der Waals surface area contributed by atoms with Crippen LogP contribution in [0.25, 0.3) is 0 Å². The van der Waals surface area contributed by atoms with Crippen LogP contribution in [0.4, 0.5) is 0 Å². The van der Waals surface area contributed by atoms with Gasteiger partial charge < -0.3 is 15.2 Å². The van der Waals surface area contributed by atoms with Crippen molar-refractivity contribution in [3.8, 4) is 5.75 Å². The van der Waals surface area contributed by atoms with E-state index in [-0.39, 0.29) is 18.6 Å². The van der Waals surface area contributed by atoms with Crippen LogP contribution in [-0.2, 0) is 11.2 Å². The molecule has 0 fully saturated rings. The normalized spacial score (nSPS) is 12.0. The fourth-order valence-electron chi connectivity index (χ4n) is 1.58. The molecule has 1 unspecified atom stereocenters. The zero-order valence-electron chi connectivity index (χ0n) is 10.6. The molecule has 1 aromatic rings. The zero-order valence-corrected chi connectivity index (χ0v) is 12.2. The number of ether oxygens (including phenoxy) is 1. The predicted molar refractivity (Wildman–Crippen MR) is 73.7 cm³/mol. The van der Waals surface area contributed by atoms with Crippen molar-refractivity contribution in [1.29, 1.82) is 0 Å². The Hall–Kier alpha value is -1.07. The highest BCUT2D eigenvalue weighted by Gasteiger charge is 2.09. The van der Waals surface area contributed by atoms with E-state index in [0.717, 1.165) is 15.8 Å². The van der Waals surface area contributed by atoms with Crippen molar-refractivity contribution >= 4 is 21.8 Å². The Bertz CT molecular complexity index is 409. The molecule has 1 amide bonds. The van der Waals surface area contributed by atoms with Crippen LogP contribution in [0.1, 0.15) is 18.9 Å². The number of aliphatic hydroxyl groups excluding tert-OH is 1. The van der Waals surface area contributed by atoms with Gasteiger partial charge in [-0.3, -0.25) is 4.79 Å². The highest BCUT2D eigenvalue weighted by atomic mass is 79.9. The quantitative estimate of drug-likeness (QED) is 0.842. The molecule has 1 rings (SSSR count). The number of halogens is 1. The Morgan fingerprint density at radius 2 is 2.28 bits per heavy atom. The molecule has 0 aromatic heterocycles. The van der Waals surface area contributed by atoms with E-state index in [9.17, 15) is 4.79 Å². The lowest BCUT2D eigenvalue weighted by Gasteiger charge is -2.12. The number of aliphatic hydroxyl groups is 1. The van der Waals surface area contributed by atoms with Crippen molar-refractivity contribution < 1.29 is 14.6 Å². The van der Waals surface area contributed by atoms with Gasteiger partial charge in [0, 0.05) is 16.9 Å². The van der Waals surface area contributed by atoms with E-state index in [1.54, 1.807) is 14.0 Å². The SMILES string of the molecule is COc1ccc(Br)cc1CCC(=O)NC(C)CO. The molecule has 2 N–H and O–H groups in total. The summed E-state index contributed by atoms with van der Waals surface area (Å²) in [4.78, 5) is 11.6. The van der Waals surface area contributed by atoms with Crippen LogP contribution in [0.3, 0.4) is 0 Å². The van der Waals surface area contributed by atoms with Crippen LogP contribution >= 0.6 is 15.9 Å². The van der Waals surface area contributed by atoms with E-state index in [1.807, 2.05) is 18.2 Å². The predicted octanol–water partition coefficient (Wildman–Crippen LogP) is 1.89. The topological polar surface area (TPSA) is 58.6 Å². The number of carbonyl (C=O) groups excluding carboxylic acids is 1. The molecule has 0 heterocycles. The fourth-order valence-corrected chi connectivity index (χ4v) is 1.99. The van der Waals surface area contributed by atoms with Gasteiger partial charge in [0.15, 0.2) is 0 Å².